The summed E-state index contributed by atoms with van der Waals surface area (Å²) in [5, 5.41) is 4.59. The van der Waals surface area contributed by atoms with Gasteiger partial charge in [0.1, 0.15) is 0 Å². The van der Waals surface area contributed by atoms with E-state index in [2.05, 4.69) is 26.1 Å². The molecule has 0 aliphatic rings. The first-order chi connectivity index (χ1) is 9.69. The second-order valence-corrected chi connectivity index (χ2v) is 7.94. The maximum atomic E-state index is 11.9. The highest BCUT2D eigenvalue weighted by Gasteiger charge is 2.30. The van der Waals surface area contributed by atoms with Gasteiger partial charge in [-0.05, 0) is 34.0 Å². The Morgan fingerprint density at radius 2 is 2.05 bits per heavy atom. The molecule has 0 saturated carbocycles. The van der Waals surface area contributed by atoms with Gasteiger partial charge < -0.3 is 10.1 Å². The Hall–Kier alpha value is -0.950. The summed E-state index contributed by atoms with van der Waals surface area (Å²) in [6, 6.07) is 0. The summed E-state index contributed by atoms with van der Waals surface area (Å²) >= 11 is 3.31. The van der Waals surface area contributed by atoms with Crippen LogP contribution in [-0.4, -0.2) is 38.5 Å². The number of carbonyl (C=O) groups is 1. The van der Waals surface area contributed by atoms with Crippen molar-refractivity contribution >= 4 is 39.9 Å². The predicted octanol–water partition coefficient (Wildman–Crippen LogP) is 2.60. The molecule has 7 heteroatoms. The summed E-state index contributed by atoms with van der Waals surface area (Å²) in [6.45, 7) is 8.84. The standard InChI is InChI=1S/C14H26N3O2S2/c1-8-19-10(18)9-17-12(16(5)6)11(15-14(2,3)4)21-13(17)20-7/h15H,8-9H2,1-7H3/q+1. The number of carbonyl (C=O) groups excluding carboxylic acids is 1. The number of esters is 1. The fourth-order valence-corrected chi connectivity index (χ4v) is 4.02. The quantitative estimate of drug-likeness (QED) is 0.493. The lowest BCUT2D eigenvalue weighted by Crippen LogP contribution is -2.43. The van der Waals surface area contributed by atoms with Crippen molar-refractivity contribution in [2.24, 2.45) is 0 Å². The number of nitrogens with zero attached hydrogens (tertiary/aromatic N) is 2. The number of hydrogen-bond donors (Lipinski definition) is 1. The third-order valence-electron chi connectivity index (χ3n) is 2.55. The van der Waals surface area contributed by atoms with Crippen LogP contribution in [0.4, 0.5) is 10.8 Å². The molecule has 0 amide bonds. The maximum absolute atomic E-state index is 11.9. The molecule has 21 heavy (non-hydrogen) atoms. The lowest BCUT2D eigenvalue weighted by Gasteiger charge is -2.21. The van der Waals surface area contributed by atoms with E-state index in [1.165, 1.54) is 0 Å². The maximum Gasteiger partial charge on any atom is 0.348 e. The van der Waals surface area contributed by atoms with Gasteiger partial charge >= 0.3 is 11.8 Å². The molecule has 0 fully saturated rings. The van der Waals surface area contributed by atoms with E-state index in [1.807, 2.05) is 36.7 Å². The van der Waals surface area contributed by atoms with E-state index in [-0.39, 0.29) is 18.1 Å². The van der Waals surface area contributed by atoms with Crippen molar-refractivity contribution < 1.29 is 14.1 Å². The number of thioether (sulfide) groups is 1. The zero-order chi connectivity index (χ0) is 16.2. The van der Waals surface area contributed by atoms with Crippen LogP contribution in [0.15, 0.2) is 4.34 Å². The van der Waals surface area contributed by atoms with Crippen molar-refractivity contribution in [1.82, 2.24) is 0 Å². The smallest absolute Gasteiger partial charge is 0.348 e. The van der Waals surface area contributed by atoms with Gasteiger partial charge in [0.2, 0.25) is 4.34 Å². The SMILES string of the molecule is CCOC(=O)C[n+]1c(SC)sc(NC(C)(C)C)c1N(C)C. The lowest BCUT2D eigenvalue weighted by molar-refractivity contribution is -0.703. The Kier molecular flexibility index (Phi) is 6.34. The van der Waals surface area contributed by atoms with E-state index in [4.69, 9.17) is 4.74 Å². The second kappa shape index (κ2) is 7.35. The van der Waals surface area contributed by atoms with Crippen LogP contribution in [0.1, 0.15) is 27.7 Å². The normalized spacial score (nSPS) is 11.4. The second-order valence-electron chi connectivity index (χ2n) is 5.89. The van der Waals surface area contributed by atoms with E-state index in [9.17, 15) is 4.79 Å². The number of anilines is 2. The molecule has 0 spiro atoms. The lowest BCUT2D eigenvalue weighted by atomic mass is 10.1. The summed E-state index contributed by atoms with van der Waals surface area (Å²) in [5.74, 6) is 0.799. The molecule has 0 atom stereocenters. The van der Waals surface area contributed by atoms with Gasteiger partial charge in [-0.1, -0.05) is 23.1 Å². The Morgan fingerprint density at radius 3 is 2.48 bits per heavy atom. The van der Waals surface area contributed by atoms with Gasteiger partial charge in [0.05, 0.1) is 20.7 Å². The van der Waals surface area contributed by atoms with Crippen LogP contribution >= 0.6 is 23.1 Å². The highest BCUT2D eigenvalue weighted by Crippen LogP contribution is 2.35. The number of thiazole rings is 1. The summed E-state index contributed by atoms with van der Waals surface area (Å²) in [6.07, 6.45) is 2.02. The van der Waals surface area contributed by atoms with Crippen LogP contribution in [0, 0.1) is 0 Å². The number of rotatable bonds is 6. The Labute approximate surface area is 135 Å². The monoisotopic (exact) mass is 332 g/mol. The molecular formula is C14H26N3O2S2+. The molecule has 0 aliphatic carbocycles. The van der Waals surface area contributed by atoms with Gasteiger partial charge in [0.25, 0.3) is 0 Å². The van der Waals surface area contributed by atoms with Crippen LogP contribution in [-0.2, 0) is 16.1 Å². The largest absolute Gasteiger partial charge is 0.463 e. The molecule has 0 bridgehead atoms. The highest BCUT2D eigenvalue weighted by molar-refractivity contribution is 8.00. The number of hydrogen-bond acceptors (Lipinski definition) is 6. The third-order valence-corrected chi connectivity index (χ3v) is 4.75. The predicted molar refractivity (Wildman–Crippen MR) is 90.6 cm³/mol. The van der Waals surface area contributed by atoms with Gasteiger partial charge in [-0.3, -0.25) is 4.90 Å². The summed E-state index contributed by atoms with van der Waals surface area (Å²) in [5.41, 5.74) is -0.0347. The fraction of sp³-hybridized carbons (Fsp3) is 0.714. The summed E-state index contributed by atoms with van der Waals surface area (Å²) in [7, 11) is 3.98. The Morgan fingerprint density at radius 1 is 1.43 bits per heavy atom. The molecule has 1 aromatic heterocycles. The molecule has 1 N–H and O–H groups in total. The van der Waals surface area contributed by atoms with Gasteiger partial charge in [-0.15, -0.1) is 0 Å². The average molecular weight is 333 g/mol. The molecular weight excluding hydrogens is 306 g/mol. The molecule has 0 saturated heterocycles. The zero-order valence-electron chi connectivity index (χ0n) is 13.9. The van der Waals surface area contributed by atoms with Gasteiger partial charge in [0.15, 0.2) is 11.5 Å². The Balaban J connectivity index is 3.23. The fourth-order valence-electron chi connectivity index (χ4n) is 1.89. The molecule has 1 rings (SSSR count). The summed E-state index contributed by atoms with van der Waals surface area (Å²) < 4.78 is 8.18. The van der Waals surface area contributed by atoms with Crippen molar-refractivity contribution in [3.8, 4) is 0 Å². The molecule has 1 heterocycles. The molecule has 120 valence electrons. The average Bonchev–Trinajstić information content (AvgIpc) is 2.64. The molecule has 1 aromatic rings. The minimum absolute atomic E-state index is 0.0347. The van der Waals surface area contributed by atoms with E-state index in [0.29, 0.717) is 6.61 Å². The number of aromatic nitrogens is 1. The van der Waals surface area contributed by atoms with Crippen LogP contribution in [0.5, 0.6) is 0 Å². The molecule has 0 unspecified atom stereocenters. The molecule has 0 aliphatic heterocycles. The topological polar surface area (TPSA) is 45.5 Å². The first-order valence-corrected chi connectivity index (χ1v) is 8.95. The van der Waals surface area contributed by atoms with Gasteiger partial charge in [-0.2, -0.15) is 4.57 Å². The highest BCUT2D eigenvalue weighted by atomic mass is 32.2. The molecule has 0 aromatic carbocycles. The van der Waals surface area contributed by atoms with E-state index >= 15 is 0 Å². The number of nitrogens with one attached hydrogen (secondary N) is 1. The first kappa shape index (κ1) is 18.1. The first-order valence-electron chi connectivity index (χ1n) is 6.91. The van der Waals surface area contributed by atoms with Crippen LogP contribution < -0.4 is 14.8 Å². The van der Waals surface area contributed by atoms with Crippen molar-refractivity contribution in [3.05, 3.63) is 0 Å². The van der Waals surface area contributed by atoms with Crippen LogP contribution in [0.25, 0.3) is 0 Å². The van der Waals surface area contributed by atoms with Crippen molar-refractivity contribution in [3.63, 3.8) is 0 Å². The minimum Gasteiger partial charge on any atom is -0.463 e. The molecule has 5 nitrogen and oxygen atoms in total. The number of ether oxygens (including phenoxy) is 1. The Bertz CT molecular complexity index is 493. The minimum atomic E-state index is -0.207. The summed E-state index contributed by atoms with van der Waals surface area (Å²) in [4.78, 5) is 13.9. The molecule has 0 radical (unpaired) electrons. The zero-order valence-corrected chi connectivity index (χ0v) is 15.6. The third kappa shape index (κ3) is 5.07. The van der Waals surface area contributed by atoms with Crippen molar-refractivity contribution in [1.29, 1.82) is 0 Å². The van der Waals surface area contributed by atoms with Gasteiger partial charge in [0, 0.05) is 5.54 Å². The van der Waals surface area contributed by atoms with Crippen molar-refractivity contribution in [2.75, 3.05) is 37.2 Å². The van der Waals surface area contributed by atoms with E-state index in [0.717, 1.165) is 15.2 Å². The van der Waals surface area contributed by atoms with E-state index < -0.39 is 0 Å². The van der Waals surface area contributed by atoms with E-state index in [1.54, 1.807) is 23.1 Å². The van der Waals surface area contributed by atoms with Crippen LogP contribution in [0.3, 0.4) is 0 Å². The van der Waals surface area contributed by atoms with Crippen LogP contribution in [0.2, 0.25) is 0 Å². The van der Waals surface area contributed by atoms with Gasteiger partial charge in [-0.25, -0.2) is 4.79 Å². The van der Waals surface area contributed by atoms with Crippen molar-refractivity contribution in [2.45, 2.75) is 44.1 Å².